The molecule has 29 heavy (non-hydrogen) atoms. The molecule has 0 bridgehead atoms. The number of aromatic nitrogens is 1. The average Bonchev–Trinajstić information content (AvgIpc) is 2.77. The lowest BCUT2D eigenvalue weighted by atomic mass is 9.90. The maximum absolute atomic E-state index is 13.1. The van der Waals surface area contributed by atoms with E-state index in [-0.39, 0.29) is 18.6 Å². The summed E-state index contributed by atoms with van der Waals surface area (Å²) < 4.78 is 5.58. The Kier molecular flexibility index (Phi) is 6.12. The fourth-order valence-corrected chi connectivity index (χ4v) is 4.92. The standard InChI is InChI=1S/C24H30N2O3/c1-2-26(17-10-4-3-5-11-17)22(27)16-29-24(28)23-18-12-6-8-14-20(18)25-21-15-9-7-13-19(21)23/h6,8,12,14,17H,2-5,7,9-11,13,15-16H2,1H3. The van der Waals surface area contributed by atoms with Crippen molar-refractivity contribution in [2.24, 2.45) is 0 Å². The van der Waals surface area contributed by atoms with Gasteiger partial charge in [0, 0.05) is 23.7 Å². The molecule has 1 fully saturated rings. The zero-order valence-corrected chi connectivity index (χ0v) is 17.3. The fraction of sp³-hybridized carbons (Fsp3) is 0.542. The predicted molar refractivity (Wildman–Crippen MR) is 113 cm³/mol. The minimum Gasteiger partial charge on any atom is -0.452 e. The largest absolute Gasteiger partial charge is 0.452 e. The Morgan fingerprint density at radius 3 is 2.62 bits per heavy atom. The highest BCUT2D eigenvalue weighted by molar-refractivity contribution is 6.05. The van der Waals surface area contributed by atoms with Gasteiger partial charge in [0.1, 0.15) is 0 Å². The van der Waals surface area contributed by atoms with Crippen molar-refractivity contribution in [3.05, 3.63) is 41.1 Å². The zero-order chi connectivity index (χ0) is 20.2. The molecule has 2 aromatic rings. The normalized spacial score (nSPS) is 17.0. The Bertz CT molecular complexity index is 902. The number of para-hydroxylation sites is 1. The molecule has 1 aromatic heterocycles. The van der Waals surface area contributed by atoms with Gasteiger partial charge in [-0.3, -0.25) is 9.78 Å². The molecule has 0 radical (unpaired) electrons. The highest BCUT2D eigenvalue weighted by atomic mass is 16.5. The number of esters is 1. The summed E-state index contributed by atoms with van der Waals surface area (Å²) >= 11 is 0. The summed E-state index contributed by atoms with van der Waals surface area (Å²) in [6, 6.07) is 8.01. The molecule has 154 valence electrons. The number of hydrogen-bond acceptors (Lipinski definition) is 4. The molecule has 0 spiro atoms. The maximum atomic E-state index is 13.1. The molecule has 0 unspecified atom stereocenters. The highest BCUT2D eigenvalue weighted by Crippen LogP contribution is 2.30. The molecule has 2 aliphatic rings. The molecule has 0 saturated heterocycles. The second-order valence-electron chi connectivity index (χ2n) is 8.18. The lowest BCUT2D eigenvalue weighted by Crippen LogP contribution is -2.43. The van der Waals surface area contributed by atoms with Crippen LogP contribution >= 0.6 is 0 Å². The van der Waals surface area contributed by atoms with E-state index in [4.69, 9.17) is 9.72 Å². The molecular formula is C24H30N2O3. The Hall–Kier alpha value is -2.43. The number of amides is 1. The van der Waals surface area contributed by atoms with Crippen LogP contribution in [0.3, 0.4) is 0 Å². The third-order valence-corrected chi connectivity index (χ3v) is 6.38. The van der Waals surface area contributed by atoms with Gasteiger partial charge in [-0.05, 0) is 57.1 Å². The molecule has 5 nitrogen and oxygen atoms in total. The first-order valence-corrected chi connectivity index (χ1v) is 11.1. The number of rotatable bonds is 5. The number of likely N-dealkylation sites (N-methyl/N-ethyl adjacent to an activating group) is 1. The van der Waals surface area contributed by atoms with Gasteiger partial charge in [-0.1, -0.05) is 37.5 Å². The van der Waals surface area contributed by atoms with Gasteiger partial charge in [0.2, 0.25) is 0 Å². The van der Waals surface area contributed by atoms with Crippen LogP contribution in [0.1, 0.15) is 73.5 Å². The quantitative estimate of drug-likeness (QED) is 0.703. The molecule has 0 aliphatic heterocycles. The van der Waals surface area contributed by atoms with Crippen LogP contribution in [0.4, 0.5) is 0 Å². The predicted octanol–water partition coefficient (Wildman–Crippen LogP) is 4.45. The van der Waals surface area contributed by atoms with Crippen LogP contribution in [-0.4, -0.2) is 41.0 Å². The van der Waals surface area contributed by atoms with Crippen molar-refractivity contribution >= 4 is 22.8 Å². The molecular weight excluding hydrogens is 364 g/mol. The number of aryl methyl sites for hydroxylation is 1. The van der Waals surface area contributed by atoms with Gasteiger partial charge in [0.05, 0.1) is 11.1 Å². The SMILES string of the molecule is CCN(C(=O)COC(=O)c1c2c(nc3ccccc13)CCCC2)C1CCCCC1. The van der Waals surface area contributed by atoms with Crippen molar-refractivity contribution in [3.63, 3.8) is 0 Å². The first-order chi connectivity index (χ1) is 14.2. The van der Waals surface area contributed by atoms with E-state index in [1.807, 2.05) is 36.1 Å². The lowest BCUT2D eigenvalue weighted by Gasteiger charge is -2.33. The topological polar surface area (TPSA) is 59.5 Å². The summed E-state index contributed by atoms with van der Waals surface area (Å²) in [7, 11) is 0. The smallest absolute Gasteiger partial charge is 0.339 e. The number of carbonyl (C=O) groups excluding carboxylic acids is 2. The van der Waals surface area contributed by atoms with Crippen molar-refractivity contribution in [2.75, 3.05) is 13.2 Å². The molecule has 5 heteroatoms. The third kappa shape index (κ3) is 4.14. The van der Waals surface area contributed by atoms with Crippen LogP contribution in [0, 0.1) is 0 Å². The zero-order valence-electron chi connectivity index (χ0n) is 17.3. The van der Waals surface area contributed by atoms with E-state index < -0.39 is 5.97 Å². The van der Waals surface area contributed by atoms with E-state index in [0.717, 1.165) is 60.7 Å². The van der Waals surface area contributed by atoms with E-state index in [0.29, 0.717) is 12.1 Å². The van der Waals surface area contributed by atoms with Crippen molar-refractivity contribution in [3.8, 4) is 0 Å². The van der Waals surface area contributed by atoms with E-state index in [2.05, 4.69) is 0 Å². The van der Waals surface area contributed by atoms with E-state index in [1.165, 1.54) is 19.3 Å². The third-order valence-electron chi connectivity index (χ3n) is 6.38. The fourth-order valence-electron chi connectivity index (χ4n) is 4.92. The molecule has 1 heterocycles. The van der Waals surface area contributed by atoms with Crippen LogP contribution in [0.15, 0.2) is 24.3 Å². The molecule has 1 aromatic carbocycles. The molecule has 2 aliphatic carbocycles. The first-order valence-electron chi connectivity index (χ1n) is 11.1. The Labute approximate surface area is 172 Å². The molecule has 0 N–H and O–H groups in total. The molecule has 0 atom stereocenters. The van der Waals surface area contributed by atoms with Crippen LogP contribution in [0.2, 0.25) is 0 Å². The number of ether oxygens (including phenoxy) is 1. The van der Waals surface area contributed by atoms with Crippen molar-refractivity contribution in [2.45, 2.75) is 70.8 Å². The second-order valence-corrected chi connectivity index (χ2v) is 8.18. The Morgan fingerprint density at radius 1 is 1.07 bits per heavy atom. The van der Waals surface area contributed by atoms with Gasteiger partial charge >= 0.3 is 5.97 Å². The first kappa shape index (κ1) is 19.9. The Morgan fingerprint density at radius 2 is 1.83 bits per heavy atom. The number of nitrogens with zero attached hydrogens (tertiary/aromatic N) is 2. The van der Waals surface area contributed by atoms with Crippen LogP contribution in [0.5, 0.6) is 0 Å². The summed E-state index contributed by atoms with van der Waals surface area (Å²) in [5.41, 5.74) is 3.44. The number of carbonyl (C=O) groups is 2. The summed E-state index contributed by atoms with van der Waals surface area (Å²) in [5.74, 6) is -0.477. The lowest BCUT2D eigenvalue weighted by molar-refractivity contribution is -0.137. The molecule has 1 amide bonds. The van der Waals surface area contributed by atoms with Crippen LogP contribution in [-0.2, 0) is 22.4 Å². The summed E-state index contributed by atoms with van der Waals surface area (Å²) in [6.07, 6.45) is 9.57. The number of fused-ring (bicyclic) bond motifs is 2. The minimum absolute atomic E-state index is 0.0834. The van der Waals surface area contributed by atoms with Crippen molar-refractivity contribution in [1.29, 1.82) is 0 Å². The maximum Gasteiger partial charge on any atom is 0.339 e. The van der Waals surface area contributed by atoms with Crippen molar-refractivity contribution in [1.82, 2.24) is 9.88 Å². The van der Waals surface area contributed by atoms with Crippen molar-refractivity contribution < 1.29 is 14.3 Å². The highest BCUT2D eigenvalue weighted by Gasteiger charge is 2.27. The Balaban J connectivity index is 1.54. The van der Waals surface area contributed by atoms with E-state index >= 15 is 0 Å². The minimum atomic E-state index is -0.394. The van der Waals surface area contributed by atoms with Gasteiger partial charge < -0.3 is 9.64 Å². The van der Waals surface area contributed by atoms with Gasteiger partial charge in [0.25, 0.3) is 5.91 Å². The summed E-state index contributed by atoms with van der Waals surface area (Å²) in [5, 5.41) is 0.824. The van der Waals surface area contributed by atoms with Gasteiger partial charge in [-0.25, -0.2) is 4.79 Å². The van der Waals surface area contributed by atoms with E-state index in [1.54, 1.807) is 0 Å². The summed E-state index contributed by atoms with van der Waals surface area (Å²) in [6.45, 7) is 2.48. The van der Waals surface area contributed by atoms with Gasteiger partial charge in [-0.2, -0.15) is 0 Å². The average molecular weight is 395 g/mol. The summed E-state index contributed by atoms with van der Waals surface area (Å²) in [4.78, 5) is 32.6. The molecule has 4 rings (SSSR count). The monoisotopic (exact) mass is 394 g/mol. The number of benzene rings is 1. The van der Waals surface area contributed by atoms with Gasteiger partial charge in [0.15, 0.2) is 6.61 Å². The second kappa shape index (κ2) is 8.93. The molecule has 1 saturated carbocycles. The van der Waals surface area contributed by atoms with Crippen LogP contribution in [0.25, 0.3) is 10.9 Å². The van der Waals surface area contributed by atoms with Crippen LogP contribution < -0.4 is 0 Å². The van der Waals surface area contributed by atoms with Gasteiger partial charge in [-0.15, -0.1) is 0 Å². The number of pyridine rings is 1. The van der Waals surface area contributed by atoms with E-state index in [9.17, 15) is 9.59 Å². The number of hydrogen-bond donors (Lipinski definition) is 0.